The van der Waals surface area contributed by atoms with E-state index in [1.165, 1.54) is 0 Å². The van der Waals surface area contributed by atoms with Gasteiger partial charge in [-0.15, -0.1) is 0 Å². The van der Waals surface area contributed by atoms with Crippen LogP contribution in [0.2, 0.25) is 0 Å². The van der Waals surface area contributed by atoms with Crippen molar-refractivity contribution in [2.75, 3.05) is 39.6 Å². The summed E-state index contributed by atoms with van der Waals surface area (Å²) in [4.78, 5) is 0. The molecule has 0 unspecified atom stereocenters. The maximum Gasteiger partial charge on any atom is 0.0402 e. The van der Waals surface area contributed by atoms with Crippen LogP contribution in [0.3, 0.4) is 0 Å². The molecule has 6 nitrogen and oxygen atoms in total. The van der Waals surface area contributed by atoms with E-state index in [4.69, 9.17) is 31.3 Å². The third-order valence-electron chi connectivity index (χ3n) is 1.43. The third kappa shape index (κ3) is 62.8. The van der Waals surface area contributed by atoms with Crippen molar-refractivity contribution >= 4 is 0 Å². The SMILES string of the molecule is CCO.CCO.CCO.NCC[C-](CCO)CCO.[Ti]. The summed E-state index contributed by atoms with van der Waals surface area (Å²) in [6.45, 7) is 6.72. The molecule has 7 N–H and O–H groups in total. The Hall–Kier alpha value is 0.474. The number of aliphatic hydroxyl groups excluding tert-OH is 5. The van der Waals surface area contributed by atoms with Gasteiger partial charge in [-0.05, 0) is 27.3 Å². The Labute approximate surface area is 138 Å². The summed E-state index contributed by atoms with van der Waals surface area (Å²) < 4.78 is 0. The van der Waals surface area contributed by atoms with Crippen LogP contribution in [0.25, 0.3) is 0 Å². The fraction of sp³-hybridized carbons (Fsp3) is 0.923. The van der Waals surface area contributed by atoms with Crippen molar-refractivity contribution in [1.29, 1.82) is 0 Å². The first kappa shape index (κ1) is 32.4. The predicted molar refractivity (Wildman–Crippen MR) is 78.6 cm³/mol. The van der Waals surface area contributed by atoms with Crippen LogP contribution in [0.4, 0.5) is 0 Å². The van der Waals surface area contributed by atoms with Crippen molar-refractivity contribution in [1.82, 2.24) is 0 Å². The number of aliphatic hydroxyl groups is 5. The largest absolute Gasteiger partial charge is 0.399 e. The van der Waals surface area contributed by atoms with Crippen molar-refractivity contribution in [2.24, 2.45) is 5.73 Å². The first-order valence-electron chi connectivity index (χ1n) is 6.67. The monoisotopic (exact) mass is 332 g/mol. The number of hydrogen-bond acceptors (Lipinski definition) is 6. The number of hydrogen-bond donors (Lipinski definition) is 6. The van der Waals surface area contributed by atoms with Crippen LogP contribution >= 0.6 is 0 Å². The second kappa shape index (κ2) is 42.7. The van der Waals surface area contributed by atoms with E-state index in [0.717, 1.165) is 12.3 Å². The fourth-order valence-corrected chi connectivity index (χ4v) is 0.895. The van der Waals surface area contributed by atoms with E-state index in [-0.39, 0.29) is 54.8 Å². The zero-order valence-corrected chi connectivity index (χ0v) is 14.7. The Morgan fingerprint density at radius 3 is 1.10 bits per heavy atom. The van der Waals surface area contributed by atoms with Gasteiger partial charge in [-0.25, -0.2) is 0 Å². The van der Waals surface area contributed by atoms with Gasteiger partial charge in [0.25, 0.3) is 0 Å². The van der Waals surface area contributed by atoms with Crippen LogP contribution in [0.15, 0.2) is 0 Å². The van der Waals surface area contributed by atoms with Crippen LogP contribution in [0.1, 0.15) is 40.0 Å². The fourth-order valence-electron chi connectivity index (χ4n) is 0.895. The predicted octanol–water partition coefficient (Wildman–Crippen LogP) is -0.332. The Balaban J connectivity index is -0.0000000626. The van der Waals surface area contributed by atoms with Gasteiger partial charge >= 0.3 is 0 Å². The topological polar surface area (TPSA) is 127 Å². The van der Waals surface area contributed by atoms with Crippen LogP contribution < -0.4 is 5.73 Å². The molecule has 0 fully saturated rings. The molecule has 0 rings (SSSR count). The number of rotatable bonds is 6. The molecule has 7 heteroatoms. The van der Waals surface area contributed by atoms with E-state index >= 15 is 0 Å². The normalized spacial score (nSPS) is 8.10. The van der Waals surface area contributed by atoms with Crippen LogP contribution in [0, 0.1) is 5.92 Å². The van der Waals surface area contributed by atoms with Gasteiger partial charge in [0.05, 0.1) is 0 Å². The molecular weight excluding hydrogens is 298 g/mol. The van der Waals surface area contributed by atoms with Crippen molar-refractivity contribution in [3.8, 4) is 0 Å². The molecule has 0 atom stereocenters. The van der Waals surface area contributed by atoms with E-state index < -0.39 is 0 Å². The second-order valence-electron chi connectivity index (χ2n) is 3.18. The molecule has 0 heterocycles. The molecule has 0 saturated heterocycles. The van der Waals surface area contributed by atoms with Gasteiger partial charge in [-0.2, -0.15) is 19.3 Å². The Kier molecular flexibility index (Phi) is 69.3. The summed E-state index contributed by atoms with van der Waals surface area (Å²) in [5.41, 5.74) is 5.31. The number of nitrogens with two attached hydrogens (primary N) is 1. The van der Waals surface area contributed by atoms with Gasteiger partial charge in [0.15, 0.2) is 0 Å². The average molecular weight is 332 g/mol. The Morgan fingerprint density at radius 1 is 0.700 bits per heavy atom. The van der Waals surface area contributed by atoms with Gasteiger partial charge < -0.3 is 37.2 Å². The first-order valence-corrected chi connectivity index (χ1v) is 6.67. The third-order valence-corrected chi connectivity index (χ3v) is 1.43. The average Bonchev–Trinajstić information content (AvgIpc) is 2.33. The molecule has 20 heavy (non-hydrogen) atoms. The zero-order chi connectivity index (χ0) is 15.9. The molecule has 0 aliphatic rings. The summed E-state index contributed by atoms with van der Waals surface area (Å²) in [7, 11) is 0. The molecule has 0 saturated carbocycles. The maximum atomic E-state index is 8.55. The van der Waals surface area contributed by atoms with E-state index in [1.807, 2.05) is 0 Å². The quantitative estimate of drug-likeness (QED) is 0.292. The molecule has 0 aliphatic carbocycles. The standard InChI is InChI=1S/C7H16NO2.3C2H6O.Ti/c8-4-1-7(2-5-9)3-6-10;3*1-2-3;/h9-10H,1-6,8H2;3*3H,2H2,1H3;/q-1;;;;. The molecule has 0 aromatic heterocycles. The maximum absolute atomic E-state index is 8.55. The Morgan fingerprint density at radius 2 is 0.950 bits per heavy atom. The van der Waals surface area contributed by atoms with Crippen molar-refractivity contribution < 1.29 is 47.3 Å². The molecular formula is C13H34NO5Ti-. The van der Waals surface area contributed by atoms with Gasteiger partial charge in [0, 0.05) is 54.8 Å². The van der Waals surface area contributed by atoms with Gasteiger partial charge in [0.1, 0.15) is 0 Å². The van der Waals surface area contributed by atoms with E-state index in [2.05, 4.69) is 0 Å². The van der Waals surface area contributed by atoms with Gasteiger partial charge in [0.2, 0.25) is 0 Å². The van der Waals surface area contributed by atoms with Crippen LogP contribution in [0.5, 0.6) is 0 Å². The summed E-state index contributed by atoms with van der Waals surface area (Å²) >= 11 is 0. The van der Waals surface area contributed by atoms with E-state index in [0.29, 0.717) is 19.4 Å². The molecule has 0 spiro atoms. The molecule has 0 amide bonds. The molecule has 0 radical (unpaired) electrons. The molecule has 126 valence electrons. The van der Waals surface area contributed by atoms with Crippen molar-refractivity contribution in [2.45, 2.75) is 40.0 Å². The van der Waals surface area contributed by atoms with Crippen LogP contribution in [-0.4, -0.2) is 65.1 Å². The zero-order valence-electron chi connectivity index (χ0n) is 13.2. The minimum Gasteiger partial charge on any atom is -0.399 e. The molecule has 0 bridgehead atoms. The smallest absolute Gasteiger partial charge is 0.0402 e. The molecule has 0 aliphatic heterocycles. The first-order chi connectivity index (χ1) is 9.09. The summed E-state index contributed by atoms with van der Waals surface area (Å²) in [5.74, 6) is 1.16. The van der Waals surface area contributed by atoms with Crippen molar-refractivity contribution in [3.05, 3.63) is 5.92 Å². The van der Waals surface area contributed by atoms with Crippen LogP contribution in [-0.2, 0) is 21.7 Å². The molecule has 0 aromatic carbocycles. The van der Waals surface area contributed by atoms with E-state index in [1.54, 1.807) is 20.8 Å². The minimum absolute atomic E-state index is 0. The van der Waals surface area contributed by atoms with Gasteiger partial charge in [-0.1, -0.05) is 0 Å². The summed E-state index contributed by atoms with van der Waals surface area (Å²) in [6.07, 6.45) is 2.18. The molecule has 0 aromatic rings. The van der Waals surface area contributed by atoms with Gasteiger partial charge in [-0.3, -0.25) is 0 Å². The summed E-state index contributed by atoms with van der Waals surface area (Å²) in [6, 6.07) is 0. The second-order valence-corrected chi connectivity index (χ2v) is 3.18. The Bertz CT molecular complexity index is 93.7. The summed E-state index contributed by atoms with van der Waals surface area (Å²) in [5, 5.41) is 39.8. The minimum atomic E-state index is 0. The van der Waals surface area contributed by atoms with Crippen molar-refractivity contribution in [3.63, 3.8) is 0 Å². The van der Waals surface area contributed by atoms with E-state index in [9.17, 15) is 0 Å².